The van der Waals surface area contributed by atoms with Gasteiger partial charge in [0.15, 0.2) is 0 Å². The molecule has 2 aliphatic heterocycles. The fraction of sp³-hybridized carbons (Fsp3) is 0.600. The van der Waals surface area contributed by atoms with E-state index in [0.29, 0.717) is 17.6 Å². The van der Waals surface area contributed by atoms with Crippen molar-refractivity contribution in [1.29, 1.82) is 0 Å². The maximum atomic E-state index is 13.8. The molecule has 1 aromatic carbocycles. The van der Waals surface area contributed by atoms with Gasteiger partial charge in [-0.05, 0) is 25.1 Å². The van der Waals surface area contributed by atoms with Crippen molar-refractivity contribution in [2.75, 3.05) is 39.3 Å². The molecular formula is C15H22Cl2FN3. The minimum Gasteiger partial charge on any atom is -0.315 e. The Balaban J connectivity index is 0.00000161. The Labute approximate surface area is 136 Å². The van der Waals surface area contributed by atoms with Gasteiger partial charge in [0.25, 0.3) is 0 Å². The molecule has 0 amide bonds. The lowest BCUT2D eigenvalue weighted by atomic mass is 10.1. The highest BCUT2D eigenvalue weighted by molar-refractivity contribution is 6.30. The van der Waals surface area contributed by atoms with Crippen molar-refractivity contribution in [2.24, 2.45) is 0 Å². The van der Waals surface area contributed by atoms with E-state index < -0.39 is 0 Å². The van der Waals surface area contributed by atoms with E-state index in [1.54, 1.807) is 12.1 Å². The summed E-state index contributed by atoms with van der Waals surface area (Å²) >= 11 is 5.79. The topological polar surface area (TPSA) is 18.5 Å². The molecule has 0 spiro atoms. The zero-order chi connectivity index (χ0) is 13.9. The van der Waals surface area contributed by atoms with Gasteiger partial charge in [-0.1, -0.05) is 17.7 Å². The van der Waals surface area contributed by atoms with Crippen LogP contribution in [0.1, 0.15) is 12.0 Å². The van der Waals surface area contributed by atoms with Crippen molar-refractivity contribution < 1.29 is 4.39 Å². The third kappa shape index (κ3) is 4.30. The molecule has 6 heteroatoms. The highest BCUT2D eigenvalue weighted by atomic mass is 35.5. The van der Waals surface area contributed by atoms with Crippen LogP contribution in [0.5, 0.6) is 0 Å². The number of halogens is 3. The summed E-state index contributed by atoms with van der Waals surface area (Å²) in [6.07, 6.45) is 1.26. The molecular weight excluding hydrogens is 312 g/mol. The van der Waals surface area contributed by atoms with Gasteiger partial charge >= 0.3 is 0 Å². The second-order valence-electron chi connectivity index (χ2n) is 5.69. The van der Waals surface area contributed by atoms with Crippen LogP contribution >= 0.6 is 24.0 Å². The summed E-state index contributed by atoms with van der Waals surface area (Å²) in [5, 5.41) is 3.88. The predicted molar refractivity (Wildman–Crippen MR) is 86.8 cm³/mol. The van der Waals surface area contributed by atoms with Gasteiger partial charge in [-0.3, -0.25) is 9.80 Å². The van der Waals surface area contributed by atoms with E-state index in [-0.39, 0.29) is 18.2 Å². The first-order valence-electron chi connectivity index (χ1n) is 7.33. The van der Waals surface area contributed by atoms with E-state index >= 15 is 0 Å². The minimum atomic E-state index is -0.195. The molecule has 0 bridgehead atoms. The molecule has 2 aliphatic rings. The highest BCUT2D eigenvalue weighted by Crippen LogP contribution is 2.18. The van der Waals surface area contributed by atoms with E-state index in [2.05, 4.69) is 15.1 Å². The fourth-order valence-corrected chi connectivity index (χ4v) is 3.29. The maximum Gasteiger partial charge on any atom is 0.129 e. The van der Waals surface area contributed by atoms with Gasteiger partial charge in [0.2, 0.25) is 0 Å². The number of nitrogens with zero attached hydrogens (tertiary/aromatic N) is 2. The summed E-state index contributed by atoms with van der Waals surface area (Å²) in [5.74, 6) is -0.195. The first-order chi connectivity index (χ1) is 9.72. The summed E-state index contributed by atoms with van der Waals surface area (Å²) in [5.41, 5.74) is 0.741. The quantitative estimate of drug-likeness (QED) is 0.916. The summed E-state index contributed by atoms with van der Waals surface area (Å²) in [6.45, 7) is 7.13. The third-order valence-electron chi connectivity index (χ3n) is 4.37. The fourth-order valence-electron chi connectivity index (χ4n) is 3.13. The first kappa shape index (κ1) is 17.0. The normalized spacial score (nSPS) is 24.0. The molecule has 0 radical (unpaired) electrons. The molecule has 118 valence electrons. The Morgan fingerprint density at radius 2 is 2.00 bits per heavy atom. The van der Waals surface area contributed by atoms with Crippen molar-refractivity contribution in [3.8, 4) is 0 Å². The van der Waals surface area contributed by atoms with E-state index in [1.807, 2.05) is 0 Å². The second kappa shape index (κ2) is 7.75. The largest absolute Gasteiger partial charge is 0.315 e. The predicted octanol–water partition coefficient (Wildman–Crippen LogP) is 2.38. The Morgan fingerprint density at radius 1 is 1.24 bits per heavy atom. The summed E-state index contributed by atoms with van der Waals surface area (Å²) in [7, 11) is 0. The van der Waals surface area contributed by atoms with Gasteiger partial charge in [-0.2, -0.15) is 0 Å². The number of nitrogens with one attached hydrogen (secondary N) is 1. The maximum absolute atomic E-state index is 13.8. The van der Waals surface area contributed by atoms with Crippen molar-refractivity contribution in [1.82, 2.24) is 15.1 Å². The smallest absolute Gasteiger partial charge is 0.129 e. The monoisotopic (exact) mass is 333 g/mol. The molecule has 0 aliphatic carbocycles. The molecule has 2 saturated heterocycles. The minimum absolute atomic E-state index is 0. The van der Waals surface area contributed by atoms with Crippen molar-refractivity contribution in [3.63, 3.8) is 0 Å². The summed E-state index contributed by atoms with van der Waals surface area (Å²) in [4.78, 5) is 4.89. The molecule has 0 saturated carbocycles. The molecule has 3 nitrogen and oxygen atoms in total. The van der Waals surface area contributed by atoms with Gasteiger partial charge in [0, 0.05) is 55.9 Å². The Morgan fingerprint density at radius 3 is 2.62 bits per heavy atom. The van der Waals surface area contributed by atoms with Gasteiger partial charge in [0.05, 0.1) is 0 Å². The van der Waals surface area contributed by atoms with Crippen LogP contribution in [0.15, 0.2) is 18.2 Å². The zero-order valence-electron chi connectivity index (χ0n) is 12.0. The third-order valence-corrected chi connectivity index (χ3v) is 4.60. The van der Waals surface area contributed by atoms with Crippen LogP contribution in [0.25, 0.3) is 0 Å². The number of hydrogen-bond acceptors (Lipinski definition) is 3. The van der Waals surface area contributed by atoms with Crippen LogP contribution in [0, 0.1) is 5.82 Å². The van der Waals surface area contributed by atoms with Gasteiger partial charge in [-0.15, -0.1) is 12.4 Å². The molecule has 2 fully saturated rings. The molecule has 0 aromatic heterocycles. The summed E-state index contributed by atoms with van der Waals surface area (Å²) < 4.78 is 13.8. The molecule has 3 rings (SSSR count). The second-order valence-corrected chi connectivity index (χ2v) is 6.13. The molecule has 1 N–H and O–H groups in total. The lowest BCUT2D eigenvalue weighted by Gasteiger charge is -2.37. The zero-order valence-corrected chi connectivity index (χ0v) is 13.6. The van der Waals surface area contributed by atoms with Crippen molar-refractivity contribution in [3.05, 3.63) is 34.6 Å². The van der Waals surface area contributed by atoms with E-state index in [9.17, 15) is 4.39 Å². The molecule has 1 unspecified atom stereocenters. The number of benzene rings is 1. The van der Waals surface area contributed by atoms with Crippen LogP contribution in [-0.4, -0.2) is 55.1 Å². The Kier molecular flexibility index (Phi) is 6.26. The van der Waals surface area contributed by atoms with E-state index in [0.717, 1.165) is 44.8 Å². The average Bonchev–Trinajstić information content (AvgIpc) is 2.97. The molecule has 2 heterocycles. The lowest BCUT2D eigenvalue weighted by Crippen LogP contribution is -2.50. The van der Waals surface area contributed by atoms with Gasteiger partial charge in [0.1, 0.15) is 5.82 Å². The van der Waals surface area contributed by atoms with E-state index in [1.165, 1.54) is 12.5 Å². The Bertz CT molecular complexity index is 458. The van der Waals surface area contributed by atoms with E-state index in [4.69, 9.17) is 11.6 Å². The average molecular weight is 334 g/mol. The molecule has 1 atom stereocenters. The van der Waals surface area contributed by atoms with Crippen molar-refractivity contribution >= 4 is 24.0 Å². The lowest BCUT2D eigenvalue weighted by molar-refractivity contribution is 0.0974. The first-order valence-corrected chi connectivity index (χ1v) is 7.71. The SMILES string of the molecule is Cl.Fc1cc(Cl)ccc1CN1CCN(C2CCNC2)CC1. The van der Waals surface area contributed by atoms with Gasteiger partial charge in [-0.25, -0.2) is 4.39 Å². The van der Waals surface area contributed by atoms with Crippen LogP contribution in [0.2, 0.25) is 5.02 Å². The number of rotatable bonds is 3. The Hall–Kier alpha value is -0.390. The van der Waals surface area contributed by atoms with Crippen LogP contribution in [0.3, 0.4) is 0 Å². The highest BCUT2D eigenvalue weighted by Gasteiger charge is 2.26. The van der Waals surface area contributed by atoms with Crippen LogP contribution in [0.4, 0.5) is 4.39 Å². The standard InChI is InChI=1S/C15H21ClFN3.ClH/c16-13-2-1-12(15(17)9-13)11-19-5-7-20(8-6-19)14-3-4-18-10-14;/h1-2,9,14,18H,3-8,10-11H2;1H. The van der Waals surface area contributed by atoms with Crippen molar-refractivity contribution in [2.45, 2.75) is 19.0 Å². The number of piperazine rings is 1. The number of hydrogen-bond donors (Lipinski definition) is 1. The van der Waals surface area contributed by atoms with Crippen LogP contribution < -0.4 is 5.32 Å². The summed E-state index contributed by atoms with van der Waals surface area (Å²) in [6, 6.07) is 5.66. The van der Waals surface area contributed by atoms with Gasteiger partial charge < -0.3 is 5.32 Å². The van der Waals surface area contributed by atoms with Crippen LogP contribution in [-0.2, 0) is 6.54 Å². The molecule has 1 aromatic rings. The molecule has 21 heavy (non-hydrogen) atoms.